The van der Waals surface area contributed by atoms with Crippen LogP contribution in [0.25, 0.3) is 0 Å². The van der Waals surface area contributed by atoms with Gasteiger partial charge in [0.1, 0.15) is 11.6 Å². The van der Waals surface area contributed by atoms with Crippen molar-refractivity contribution >= 4 is 11.6 Å². The fourth-order valence-electron chi connectivity index (χ4n) is 1.92. The molecule has 0 atom stereocenters. The Morgan fingerprint density at radius 1 is 1.15 bits per heavy atom. The van der Waals surface area contributed by atoms with Gasteiger partial charge >= 0.3 is 0 Å². The van der Waals surface area contributed by atoms with E-state index in [1.54, 1.807) is 31.2 Å². The highest BCUT2D eigenvalue weighted by atomic mass is 19.1. The van der Waals surface area contributed by atoms with Gasteiger partial charge in [-0.05, 0) is 54.8 Å². The Hall–Kier alpha value is -2.36. The third-order valence-corrected chi connectivity index (χ3v) is 3.09. The molecule has 104 valence electrons. The van der Waals surface area contributed by atoms with Crippen LogP contribution in [0.1, 0.15) is 16.7 Å². The molecule has 0 aliphatic rings. The monoisotopic (exact) mass is 273 g/mol. The molecular weight excluding hydrogens is 257 g/mol. The highest BCUT2D eigenvalue weighted by molar-refractivity contribution is 5.93. The van der Waals surface area contributed by atoms with Gasteiger partial charge in [-0.25, -0.2) is 4.39 Å². The van der Waals surface area contributed by atoms with Crippen LogP contribution in [0.5, 0.6) is 5.75 Å². The normalized spacial score (nSPS) is 10.3. The molecule has 0 bridgehead atoms. The Morgan fingerprint density at radius 3 is 2.45 bits per heavy atom. The summed E-state index contributed by atoms with van der Waals surface area (Å²) in [5.74, 6) is -0.289. The number of hydrogen-bond donors (Lipinski definition) is 2. The van der Waals surface area contributed by atoms with Crippen LogP contribution in [0.3, 0.4) is 0 Å². The number of nitrogens with one attached hydrogen (secondary N) is 1. The van der Waals surface area contributed by atoms with Gasteiger partial charge in [0.2, 0.25) is 5.91 Å². The molecule has 0 spiro atoms. The molecular formula is C16H16FNO2. The van der Waals surface area contributed by atoms with E-state index in [0.717, 1.165) is 11.1 Å². The van der Waals surface area contributed by atoms with Gasteiger partial charge in [-0.2, -0.15) is 0 Å². The first-order chi connectivity index (χ1) is 9.45. The lowest BCUT2D eigenvalue weighted by atomic mass is 10.1. The molecule has 0 aliphatic carbocycles. The molecule has 0 radical (unpaired) electrons. The van der Waals surface area contributed by atoms with Crippen LogP contribution in [0.15, 0.2) is 36.4 Å². The molecule has 0 heterocycles. The van der Waals surface area contributed by atoms with Crippen molar-refractivity contribution in [2.45, 2.75) is 20.3 Å². The Kier molecular flexibility index (Phi) is 4.03. The molecule has 0 unspecified atom stereocenters. The zero-order valence-corrected chi connectivity index (χ0v) is 11.4. The van der Waals surface area contributed by atoms with Crippen LogP contribution in [-0.2, 0) is 11.2 Å². The highest BCUT2D eigenvalue weighted by Gasteiger charge is 2.08. The summed E-state index contributed by atoms with van der Waals surface area (Å²) >= 11 is 0. The zero-order valence-electron chi connectivity index (χ0n) is 11.4. The molecule has 20 heavy (non-hydrogen) atoms. The largest absolute Gasteiger partial charge is 0.508 e. The van der Waals surface area contributed by atoms with Gasteiger partial charge in [0.15, 0.2) is 0 Å². The molecule has 0 aliphatic heterocycles. The molecule has 3 nitrogen and oxygen atoms in total. The van der Waals surface area contributed by atoms with Gasteiger partial charge in [-0.15, -0.1) is 0 Å². The molecule has 2 aromatic carbocycles. The van der Waals surface area contributed by atoms with Gasteiger partial charge in [0.25, 0.3) is 0 Å². The molecule has 2 N–H and O–H groups in total. The summed E-state index contributed by atoms with van der Waals surface area (Å²) in [6.07, 6.45) is 0.180. The molecule has 0 aromatic heterocycles. The fraction of sp³-hybridized carbons (Fsp3) is 0.188. The topological polar surface area (TPSA) is 49.3 Å². The quantitative estimate of drug-likeness (QED) is 0.843. The van der Waals surface area contributed by atoms with Gasteiger partial charge in [0, 0.05) is 5.69 Å². The van der Waals surface area contributed by atoms with Gasteiger partial charge in [0.05, 0.1) is 6.42 Å². The number of halogens is 1. The average Bonchev–Trinajstić information content (AvgIpc) is 2.39. The summed E-state index contributed by atoms with van der Waals surface area (Å²) < 4.78 is 12.8. The van der Waals surface area contributed by atoms with E-state index >= 15 is 0 Å². The average molecular weight is 273 g/mol. The van der Waals surface area contributed by atoms with E-state index in [0.29, 0.717) is 11.3 Å². The Bertz CT molecular complexity index is 636. The van der Waals surface area contributed by atoms with Crippen molar-refractivity contribution in [2.24, 2.45) is 0 Å². The van der Waals surface area contributed by atoms with Crippen LogP contribution in [0.2, 0.25) is 0 Å². The van der Waals surface area contributed by atoms with Crippen molar-refractivity contribution in [2.75, 3.05) is 5.32 Å². The highest BCUT2D eigenvalue weighted by Crippen LogP contribution is 2.25. The van der Waals surface area contributed by atoms with Crippen LogP contribution in [0.4, 0.5) is 10.1 Å². The first kappa shape index (κ1) is 14.1. The summed E-state index contributed by atoms with van der Waals surface area (Å²) in [4.78, 5) is 11.9. The fourth-order valence-corrected chi connectivity index (χ4v) is 1.92. The Labute approximate surface area is 117 Å². The van der Waals surface area contributed by atoms with Crippen molar-refractivity contribution in [1.29, 1.82) is 0 Å². The van der Waals surface area contributed by atoms with E-state index in [-0.39, 0.29) is 23.9 Å². The van der Waals surface area contributed by atoms with Gasteiger partial charge < -0.3 is 10.4 Å². The number of phenols is 1. The first-order valence-corrected chi connectivity index (χ1v) is 6.30. The van der Waals surface area contributed by atoms with Crippen LogP contribution in [-0.4, -0.2) is 11.0 Å². The Balaban J connectivity index is 2.08. The smallest absolute Gasteiger partial charge is 0.228 e. The van der Waals surface area contributed by atoms with Gasteiger partial charge in [-0.3, -0.25) is 4.79 Å². The van der Waals surface area contributed by atoms with Crippen molar-refractivity contribution in [3.8, 4) is 5.75 Å². The molecule has 1 amide bonds. The number of phenolic OH excluding ortho intramolecular Hbond substituents is 1. The zero-order chi connectivity index (χ0) is 14.7. The number of carbonyl (C=O) groups is 1. The minimum absolute atomic E-state index is 0.176. The lowest BCUT2D eigenvalue weighted by Crippen LogP contribution is -2.15. The third kappa shape index (κ3) is 3.35. The number of benzene rings is 2. The molecule has 0 saturated carbocycles. The van der Waals surface area contributed by atoms with E-state index < -0.39 is 0 Å². The molecule has 0 saturated heterocycles. The number of anilines is 1. The molecule has 4 heteroatoms. The Morgan fingerprint density at radius 2 is 1.80 bits per heavy atom. The van der Waals surface area contributed by atoms with E-state index in [4.69, 9.17) is 0 Å². The second-order valence-corrected chi connectivity index (χ2v) is 4.81. The summed E-state index contributed by atoms with van der Waals surface area (Å²) in [5, 5.41) is 12.4. The maximum atomic E-state index is 12.8. The predicted octanol–water partition coefficient (Wildman–Crippen LogP) is 3.33. The van der Waals surface area contributed by atoms with E-state index in [1.165, 1.54) is 12.1 Å². The third-order valence-electron chi connectivity index (χ3n) is 3.09. The van der Waals surface area contributed by atoms with Gasteiger partial charge in [-0.1, -0.05) is 12.1 Å². The second-order valence-electron chi connectivity index (χ2n) is 4.81. The minimum atomic E-state index is -0.320. The summed E-state index contributed by atoms with van der Waals surface area (Å²) in [5.41, 5.74) is 2.91. The number of aryl methyl sites for hydroxylation is 2. The number of rotatable bonds is 3. The summed E-state index contributed by atoms with van der Waals surface area (Å²) in [6, 6.07) is 9.18. The van der Waals surface area contributed by atoms with E-state index in [2.05, 4.69) is 5.32 Å². The van der Waals surface area contributed by atoms with Crippen LogP contribution in [0, 0.1) is 19.7 Å². The van der Waals surface area contributed by atoms with E-state index in [1.807, 2.05) is 6.92 Å². The van der Waals surface area contributed by atoms with Crippen molar-refractivity contribution in [3.05, 3.63) is 58.9 Å². The standard InChI is InChI=1S/C16H16FNO2/c1-10-8-15(19)11(2)7-14(10)18-16(20)9-12-3-5-13(17)6-4-12/h3-8,19H,9H2,1-2H3,(H,18,20). The lowest BCUT2D eigenvalue weighted by molar-refractivity contribution is -0.115. The second kappa shape index (κ2) is 5.74. The maximum absolute atomic E-state index is 12.8. The number of amides is 1. The van der Waals surface area contributed by atoms with Crippen LogP contribution < -0.4 is 5.32 Å². The van der Waals surface area contributed by atoms with E-state index in [9.17, 15) is 14.3 Å². The predicted molar refractivity (Wildman–Crippen MR) is 76.3 cm³/mol. The molecule has 0 fully saturated rings. The number of aromatic hydroxyl groups is 1. The number of carbonyl (C=O) groups excluding carboxylic acids is 1. The van der Waals surface area contributed by atoms with Crippen molar-refractivity contribution < 1.29 is 14.3 Å². The van der Waals surface area contributed by atoms with Crippen LogP contribution >= 0.6 is 0 Å². The van der Waals surface area contributed by atoms with Crippen molar-refractivity contribution in [3.63, 3.8) is 0 Å². The minimum Gasteiger partial charge on any atom is -0.508 e. The SMILES string of the molecule is Cc1cc(NC(=O)Cc2ccc(F)cc2)c(C)cc1O. The molecule has 2 rings (SSSR count). The maximum Gasteiger partial charge on any atom is 0.228 e. The molecule has 2 aromatic rings. The number of hydrogen-bond acceptors (Lipinski definition) is 2. The first-order valence-electron chi connectivity index (χ1n) is 6.30. The summed E-state index contributed by atoms with van der Waals surface area (Å²) in [7, 11) is 0. The van der Waals surface area contributed by atoms with Crippen molar-refractivity contribution in [1.82, 2.24) is 0 Å². The lowest BCUT2D eigenvalue weighted by Gasteiger charge is -2.10. The summed E-state index contributed by atoms with van der Waals surface area (Å²) in [6.45, 7) is 3.58.